The van der Waals surface area contributed by atoms with E-state index >= 15 is 0 Å². The zero-order valence-electron chi connectivity index (χ0n) is 10.5. The second-order valence-electron chi connectivity index (χ2n) is 4.28. The van der Waals surface area contributed by atoms with Crippen LogP contribution in [0.15, 0.2) is 30.3 Å². The molecule has 0 aliphatic carbocycles. The fraction of sp³-hybridized carbons (Fsp3) is 0. The molecule has 6 nitrogen and oxygen atoms in total. The molecule has 0 atom stereocenters. The maximum absolute atomic E-state index is 12.3. The van der Waals surface area contributed by atoms with E-state index in [0.717, 1.165) is 11.7 Å². The SMILES string of the molecule is Nc1ccc(O)cc1C(=O)Nc1c(Cl)ccc2nsnc12. The lowest BCUT2D eigenvalue weighted by Crippen LogP contribution is -2.14. The molecule has 0 bridgehead atoms. The molecule has 0 unspecified atom stereocenters. The molecule has 0 radical (unpaired) electrons. The summed E-state index contributed by atoms with van der Waals surface area (Å²) < 4.78 is 8.21. The highest BCUT2D eigenvalue weighted by Gasteiger charge is 2.16. The van der Waals surface area contributed by atoms with E-state index in [1.165, 1.54) is 18.2 Å². The Balaban J connectivity index is 2.02. The van der Waals surface area contributed by atoms with Crippen molar-refractivity contribution in [3.8, 4) is 5.75 Å². The summed E-state index contributed by atoms with van der Waals surface area (Å²) in [6, 6.07) is 7.51. The van der Waals surface area contributed by atoms with Crippen molar-refractivity contribution in [2.75, 3.05) is 11.1 Å². The Morgan fingerprint density at radius 2 is 2.10 bits per heavy atom. The first kappa shape index (κ1) is 13.6. The maximum atomic E-state index is 12.3. The number of phenols is 1. The molecule has 0 aliphatic rings. The van der Waals surface area contributed by atoms with E-state index in [2.05, 4.69) is 14.1 Å². The number of nitrogen functional groups attached to an aromatic ring is 1. The number of carbonyl (C=O) groups excluding carboxylic acids is 1. The van der Waals surface area contributed by atoms with E-state index < -0.39 is 5.91 Å². The summed E-state index contributed by atoms with van der Waals surface area (Å²) in [6.07, 6.45) is 0. The minimum Gasteiger partial charge on any atom is -0.508 e. The molecule has 0 saturated heterocycles. The van der Waals surface area contributed by atoms with Gasteiger partial charge < -0.3 is 16.2 Å². The number of nitrogens with two attached hydrogens (primary N) is 1. The number of amides is 1. The highest BCUT2D eigenvalue weighted by atomic mass is 35.5. The quantitative estimate of drug-likeness (QED) is 0.498. The number of hydrogen-bond acceptors (Lipinski definition) is 6. The first-order chi connectivity index (χ1) is 10.1. The van der Waals surface area contributed by atoms with E-state index in [0.29, 0.717) is 21.7 Å². The third-order valence-corrected chi connectivity index (χ3v) is 3.75. The van der Waals surface area contributed by atoms with Gasteiger partial charge in [0.15, 0.2) is 0 Å². The lowest BCUT2D eigenvalue weighted by molar-refractivity contribution is 0.102. The summed E-state index contributed by atoms with van der Waals surface area (Å²) in [6.45, 7) is 0. The molecule has 0 spiro atoms. The molecule has 21 heavy (non-hydrogen) atoms. The minimum absolute atomic E-state index is 0.0472. The molecule has 8 heteroatoms. The number of nitrogens with one attached hydrogen (secondary N) is 1. The number of hydrogen-bond donors (Lipinski definition) is 3. The van der Waals surface area contributed by atoms with Crippen LogP contribution in [-0.4, -0.2) is 19.8 Å². The van der Waals surface area contributed by atoms with E-state index in [1.807, 2.05) is 0 Å². The number of carbonyl (C=O) groups is 1. The maximum Gasteiger partial charge on any atom is 0.257 e. The first-order valence-corrected chi connectivity index (χ1v) is 6.97. The van der Waals surface area contributed by atoms with Gasteiger partial charge in [-0.05, 0) is 30.3 Å². The van der Waals surface area contributed by atoms with Crippen LogP contribution in [0.1, 0.15) is 10.4 Å². The van der Waals surface area contributed by atoms with Gasteiger partial charge in [-0.25, -0.2) is 0 Å². The number of rotatable bonds is 2. The summed E-state index contributed by atoms with van der Waals surface area (Å²) in [7, 11) is 0. The Bertz CT molecular complexity index is 849. The topological polar surface area (TPSA) is 101 Å². The Kier molecular flexibility index (Phi) is 3.36. The predicted octanol–water partition coefficient (Wildman–Crippen LogP) is 2.88. The normalized spacial score (nSPS) is 10.7. The molecule has 106 valence electrons. The van der Waals surface area contributed by atoms with E-state index in [1.54, 1.807) is 12.1 Å². The summed E-state index contributed by atoms with van der Waals surface area (Å²) in [4.78, 5) is 12.3. The number of aromatic hydroxyl groups is 1. The first-order valence-electron chi connectivity index (χ1n) is 5.87. The summed E-state index contributed by atoms with van der Waals surface area (Å²) in [5.74, 6) is -0.528. The lowest BCUT2D eigenvalue weighted by atomic mass is 10.1. The van der Waals surface area contributed by atoms with E-state index in [4.69, 9.17) is 17.3 Å². The van der Waals surface area contributed by atoms with Crippen LogP contribution in [0.25, 0.3) is 11.0 Å². The predicted molar refractivity (Wildman–Crippen MR) is 82.9 cm³/mol. The second kappa shape index (κ2) is 5.19. The molecule has 2 aromatic carbocycles. The molecule has 3 rings (SSSR count). The number of aromatic nitrogens is 2. The van der Waals surface area contributed by atoms with Gasteiger partial charge in [0.1, 0.15) is 16.8 Å². The van der Waals surface area contributed by atoms with Gasteiger partial charge in [-0.3, -0.25) is 4.79 Å². The van der Waals surface area contributed by atoms with Crippen molar-refractivity contribution in [3.63, 3.8) is 0 Å². The van der Waals surface area contributed by atoms with Crippen molar-refractivity contribution in [2.24, 2.45) is 0 Å². The van der Waals surface area contributed by atoms with Gasteiger partial charge in [0.25, 0.3) is 5.91 Å². The van der Waals surface area contributed by atoms with Gasteiger partial charge in [-0.2, -0.15) is 8.75 Å². The van der Waals surface area contributed by atoms with Crippen molar-refractivity contribution in [2.45, 2.75) is 0 Å². The second-order valence-corrected chi connectivity index (χ2v) is 5.22. The molecule has 0 saturated carbocycles. The molecular formula is C13H9ClN4O2S. The molecule has 0 fully saturated rings. The lowest BCUT2D eigenvalue weighted by Gasteiger charge is -2.09. The van der Waals surface area contributed by atoms with Gasteiger partial charge in [0, 0.05) is 5.69 Å². The van der Waals surface area contributed by atoms with Crippen LogP contribution in [0.5, 0.6) is 5.75 Å². The average Bonchev–Trinajstić information content (AvgIpc) is 2.93. The monoisotopic (exact) mass is 320 g/mol. The number of fused-ring (bicyclic) bond motifs is 1. The van der Waals surface area contributed by atoms with Crippen LogP contribution in [0, 0.1) is 0 Å². The Labute approximate surface area is 128 Å². The smallest absolute Gasteiger partial charge is 0.257 e. The number of phenolic OH excluding ortho intramolecular Hbond substituents is 1. The summed E-state index contributed by atoms with van der Waals surface area (Å²) in [5, 5.41) is 12.5. The standard InChI is InChI=1S/C13H9ClN4O2S/c14-8-2-4-10-12(18-21-17-10)11(8)16-13(20)7-5-6(19)1-3-9(7)15/h1-5,19H,15H2,(H,16,20). The van der Waals surface area contributed by atoms with Crippen LogP contribution in [0.4, 0.5) is 11.4 Å². The van der Waals surface area contributed by atoms with Gasteiger partial charge in [-0.1, -0.05) is 11.6 Å². The van der Waals surface area contributed by atoms with E-state index in [-0.39, 0.29) is 17.0 Å². The van der Waals surface area contributed by atoms with Gasteiger partial charge >= 0.3 is 0 Å². The Hall–Kier alpha value is -2.38. The molecule has 4 N–H and O–H groups in total. The van der Waals surface area contributed by atoms with Crippen molar-refractivity contribution in [1.82, 2.24) is 8.75 Å². The highest BCUT2D eigenvalue weighted by Crippen LogP contribution is 2.31. The zero-order valence-corrected chi connectivity index (χ0v) is 12.1. The zero-order chi connectivity index (χ0) is 15.0. The third-order valence-electron chi connectivity index (χ3n) is 2.90. The van der Waals surface area contributed by atoms with Crippen molar-refractivity contribution >= 4 is 51.6 Å². The van der Waals surface area contributed by atoms with Crippen molar-refractivity contribution in [3.05, 3.63) is 40.9 Å². The molecular weight excluding hydrogens is 312 g/mol. The number of benzene rings is 2. The van der Waals surface area contributed by atoms with Crippen LogP contribution in [-0.2, 0) is 0 Å². The minimum atomic E-state index is -0.481. The van der Waals surface area contributed by atoms with Gasteiger partial charge in [-0.15, -0.1) is 0 Å². The number of anilines is 2. The summed E-state index contributed by atoms with van der Waals surface area (Å²) >= 11 is 7.13. The fourth-order valence-electron chi connectivity index (χ4n) is 1.87. The van der Waals surface area contributed by atoms with Gasteiger partial charge in [0.05, 0.1) is 28.0 Å². The number of halogens is 1. The third kappa shape index (κ3) is 2.48. The number of nitrogens with zero attached hydrogens (tertiary/aromatic N) is 2. The van der Waals surface area contributed by atoms with Crippen molar-refractivity contribution in [1.29, 1.82) is 0 Å². The van der Waals surface area contributed by atoms with Crippen LogP contribution in [0.2, 0.25) is 5.02 Å². The van der Waals surface area contributed by atoms with Crippen LogP contribution in [0.3, 0.4) is 0 Å². The Morgan fingerprint density at radius 3 is 2.90 bits per heavy atom. The summed E-state index contributed by atoms with van der Waals surface area (Å²) in [5.41, 5.74) is 7.68. The van der Waals surface area contributed by atoms with Crippen LogP contribution >= 0.6 is 23.3 Å². The van der Waals surface area contributed by atoms with Crippen LogP contribution < -0.4 is 11.1 Å². The van der Waals surface area contributed by atoms with E-state index in [9.17, 15) is 9.90 Å². The molecule has 1 heterocycles. The molecule has 0 aliphatic heterocycles. The van der Waals surface area contributed by atoms with Crippen molar-refractivity contribution < 1.29 is 9.90 Å². The Morgan fingerprint density at radius 1 is 1.29 bits per heavy atom. The highest BCUT2D eigenvalue weighted by molar-refractivity contribution is 7.00. The molecule has 3 aromatic rings. The molecule has 1 aromatic heterocycles. The largest absolute Gasteiger partial charge is 0.508 e. The van der Waals surface area contributed by atoms with Gasteiger partial charge in [0.2, 0.25) is 0 Å². The fourth-order valence-corrected chi connectivity index (χ4v) is 2.61. The average molecular weight is 321 g/mol. The molecule has 1 amide bonds.